The summed E-state index contributed by atoms with van der Waals surface area (Å²) in [6.07, 6.45) is -0.515. The van der Waals surface area contributed by atoms with E-state index in [4.69, 9.17) is 9.47 Å². The average molecular weight is 351 g/mol. The lowest BCUT2D eigenvalue weighted by Gasteiger charge is -2.22. The Hall–Kier alpha value is -2.90. The highest BCUT2D eigenvalue weighted by Crippen LogP contribution is 2.15. The Labute approximate surface area is 145 Å². The van der Waals surface area contributed by atoms with Crippen molar-refractivity contribution in [1.82, 2.24) is 5.32 Å². The third-order valence-electron chi connectivity index (χ3n) is 3.27. The minimum atomic E-state index is -1.63. The van der Waals surface area contributed by atoms with Gasteiger partial charge >= 0.3 is 17.9 Å². The molecule has 136 valence electrons. The van der Waals surface area contributed by atoms with Gasteiger partial charge in [0.2, 0.25) is 0 Å². The fourth-order valence-electron chi connectivity index (χ4n) is 2.13. The number of ether oxygens (including phenoxy) is 2. The highest BCUT2D eigenvalue weighted by molar-refractivity contribution is 5.98. The molecule has 1 aromatic carbocycles. The number of carboxylic acids is 1. The number of aliphatic carboxylic acids is 1. The minimum Gasteiger partial charge on any atom is -0.480 e. The van der Waals surface area contributed by atoms with E-state index in [1.165, 1.54) is 12.1 Å². The molecule has 1 amide bonds. The second-order valence-electron chi connectivity index (χ2n) is 5.02. The van der Waals surface area contributed by atoms with Crippen LogP contribution in [-0.4, -0.2) is 48.2 Å². The van der Waals surface area contributed by atoms with Crippen molar-refractivity contribution in [2.75, 3.05) is 13.2 Å². The summed E-state index contributed by atoms with van der Waals surface area (Å²) < 4.78 is 9.61. The molecule has 2 atom stereocenters. The first kappa shape index (κ1) is 20.1. The first-order chi connectivity index (χ1) is 11.9. The summed E-state index contributed by atoms with van der Waals surface area (Å²) in [7, 11) is 0. The van der Waals surface area contributed by atoms with Crippen molar-refractivity contribution in [3.8, 4) is 0 Å². The molecule has 0 aliphatic heterocycles. The van der Waals surface area contributed by atoms with Gasteiger partial charge in [-0.3, -0.25) is 14.4 Å². The highest BCUT2D eigenvalue weighted by Gasteiger charge is 2.38. The second kappa shape index (κ2) is 10.1. The maximum Gasteiger partial charge on any atom is 0.327 e. The van der Waals surface area contributed by atoms with Gasteiger partial charge in [0.15, 0.2) is 0 Å². The van der Waals surface area contributed by atoms with Crippen molar-refractivity contribution >= 4 is 23.8 Å². The van der Waals surface area contributed by atoms with Crippen molar-refractivity contribution in [2.45, 2.75) is 26.3 Å². The first-order valence-electron chi connectivity index (χ1n) is 7.81. The lowest BCUT2D eigenvalue weighted by molar-refractivity contribution is -0.159. The molecule has 0 unspecified atom stereocenters. The van der Waals surface area contributed by atoms with Crippen molar-refractivity contribution in [3.05, 3.63) is 35.9 Å². The van der Waals surface area contributed by atoms with E-state index in [9.17, 15) is 24.3 Å². The van der Waals surface area contributed by atoms with E-state index >= 15 is 0 Å². The number of nitrogens with one attached hydrogen (secondary N) is 1. The number of carbonyl (C=O) groups is 4. The molecule has 0 spiro atoms. The van der Waals surface area contributed by atoms with E-state index in [1.807, 2.05) is 0 Å². The standard InChI is InChI=1S/C17H21NO7/c1-3-24-13(19)10-12(17(23)25-4-2)14(16(21)22)18-15(20)11-8-6-5-7-9-11/h5-9,12,14H,3-4,10H2,1-2H3,(H,18,20)(H,21,22)/t12-,14+/m0/s1. The van der Waals surface area contributed by atoms with Crippen LogP contribution >= 0.6 is 0 Å². The maximum atomic E-state index is 12.2. The molecule has 1 aromatic rings. The van der Waals surface area contributed by atoms with Crippen LogP contribution in [0.5, 0.6) is 0 Å². The molecular weight excluding hydrogens is 330 g/mol. The molecule has 0 aliphatic carbocycles. The molecule has 0 aliphatic rings. The summed E-state index contributed by atoms with van der Waals surface area (Å²) in [5.74, 6) is -5.17. The summed E-state index contributed by atoms with van der Waals surface area (Å²) in [4.78, 5) is 47.6. The van der Waals surface area contributed by atoms with E-state index in [-0.39, 0.29) is 18.8 Å². The summed E-state index contributed by atoms with van der Waals surface area (Å²) in [5.41, 5.74) is 0.229. The third-order valence-corrected chi connectivity index (χ3v) is 3.27. The van der Waals surface area contributed by atoms with Gasteiger partial charge in [0.25, 0.3) is 5.91 Å². The SMILES string of the molecule is CCOC(=O)C[C@H](C(=O)OCC)[C@@H](NC(=O)c1ccccc1)C(=O)O. The predicted octanol–water partition coefficient (Wildman–Crippen LogP) is 1.00. The summed E-state index contributed by atoms with van der Waals surface area (Å²) in [6.45, 7) is 3.24. The molecule has 0 heterocycles. The van der Waals surface area contributed by atoms with Crippen LogP contribution < -0.4 is 5.32 Å². The Morgan fingerprint density at radius 2 is 1.64 bits per heavy atom. The van der Waals surface area contributed by atoms with Crippen LogP contribution in [-0.2, 0) is 23.9 Å². The zero-order valence-electron chi connectivity index (χ0n) is 14.1. The molecule has 0 saturated heterocycles. The largest absolute Gasteiger partial charge is 0.480 e. The van der Waals surface area contributed by atoms with Gasteiger partial charge in [-0.1, -0.05) is 18.2 Å². The van der Waals surface area contributed by atoms with Gasteiger partial charge < -0.3 is 19.9 Å². The summed E-state index contributed by atoms with van der Waals surface area (Å²) in [6, 6.07) is 6.31. The van der Waals surface area contributed by atoms with Gasteiger partial charge in [0, 0.05) is 5.56 Å². The molecule has 1 rings (SSSR count). The quantitative estimate of drug-likeness (QED) is 0.637. The van der Waals surface area contributed by atoms with Gasteiger partial charge in [-0.2, -0.15) is 0 Å². The molecule has 0 bridgehead atoms. The van der Waals surface area contributed by atoms with E-state index in [0.717, 1.165) is 0 Å². The number of rotatable bonds is 9. The number of carbonyl (C=O) groups excluding carboxylic acids is 3. The Balaban J connectivity index is 3.01. The van der Waals surface area contributed by atoms with Crippen LogP contribution in [0.1, 0.15) is 30.6 Å². The van der Waals surface area contributed by atoms with Crippen molar-refractivity contribution in [2.24, 2.45) is 5.92 Å². The zero-order chi connectivity index (χ0) is 18.8. The van der Waals surface area contributed by atoms with Crippen LogP contribution in [0.15, 0.2) is 30.3 Å². The molecule has 8 heteroatoms. The Morgan fingerprint density at radius 3 is 2.16 bits per heavy atom. The van der Waals surface area contributed by atoms with Gasteiger partial charge in [0.1, 0.15) is 6.04 Å². The van der Waals surface area contributed by atoms with Gasteiger partial charge in [-0.15, -0.1) is 0 Å². The smallest absolute Gasteiger partial charge is 0.327 e. The first-order valence-corrected chi connectivity index (χ1v) is 7.81. The minimum absolute atomic E-state index is 0.0110. The van der Waals surface area contributed by atoms with E-state index in [1.54, 1.807) is 32.0 Å². The number of amides is 1. The number of esters is 2. The highest BCUT2D eigenvalue weighted by atomic mass is 16.5. The van der Waals surface area contributed by atoms with Crippen LogP contribution in [0.3, 0.4) is 0 Å². The molecule has 0 aromatic heterocycles. The summed E-state index contributed by atoms with van der Waals surface area (Å²) >= 11 is 0. The Kier molecular flexibility index (Phi) is 8.11. The molecule has 0 radical (unpaired) electrons. The number of carboxylic acid groups (broad SMARTS) is 1. The van der Waals surface area contributed by atoms with Gasteiger partial charge in [-0.25, -0.2) is 4.79 Å². The Morgan fingerprint density at radius 1 is 1.04 bits per heavy atom. The lowest BCUT2D eigenvalue weighted by Crippen LogP contribution is -2.49. The number of hydrogen-bond donors (Lipinski definition) is 2. The van der Waals surface area contributed by atoms with Crippen LogP contribution in [0.4, 0.5) is 0 Å². The molecule has 8 nitrogen and oxygen atoms in total. The topological polar surface area (TPSA) is 119 Å². The average Bonchev–Trinajstić information content (AvgIpc) is 2.58. The molecular formula is C17H21NO7. The van der Waals surface area contributed by atoms with E-state index < -0.39 is 42.2 Å². The third kappa shape index (κ3) is 6.25. The number of hydrogen-bond acceptors (Lipinski definition) is 6. The lowest BCUT2D eigenvalue weighted by atomic mass is 9.95. The van der Waals surface area contributed by atoms with Crippen molar-refractivity contribution in [3.63, 3.8) is 0 Å². The van der Waals surface area contributed by atoms with Crippen molar-refractivity contribution < 1.29 is 33.8 Å². The summed E-state index contributed by atoms with van der Waals surface area (Å²) in [5, 5.41) is 11.7. The number of benzene rings is 1. The molecule has 25 heavy (non-hydrogen) atoms. The molecule has 0 fully saturated rings. The van der Waals surface area contributed by atoms with Crippen LogP contribution in [0.25, 0.3) is 0 Å². The van der Waals surface area contributed by atoms with Crippen molar-refractivity contribution in [1.29, 1.82) is 0 Å². The van der Waals surface area contributed by atoms with Crippen LogP contribution in [0.2, 0.25) is 0 Å². The molecule has 0 saturated carbocycles. The van der Waals surface area contributed by atoms with E-state index in [2.05, 4.69) is 5.32 Å². The van der Waals surface area contributed by atoms with Gasteiger partial charge in [-0.05, 0) is 26.0 Å². The molecule has 2 N–H and O–H groups in total. The zero-order valence-corrected chi connectivity index (χ0v) is 14.1. The van der Waals surface area contributed by atoms with Gasteiger partial charge in [0.05, 0.1) is 25.6 Å². The fraction of sp³-hybridized carbons (Fsp3) is 0.412. The normalized spacial score (nSPS) is 12.6. The fourth-order valence-corrected chi connectivity index (χ4v) is 2.13. The van der Waals surface area contributed by atoms with E-state index in [0.29, 0.717) is 0 Å². The predicted molar refractivity (Wildman–Crippen MR) is 86.7 cm³/mol. The maximum absolute atomic E-state index is 12.2. The monoisotopic (exact) mass is 351 g/mol. The Bertz CT molecular complexity index is 615. The van der Waals surface area contributed by atoms with Crippen LogP contribution in [0, 0.1) is 5.92 Å². The second-order valence-corrected chi connectivity index (χ2v) is 5.02.